The molecule has 5 nitrogen and oxygen atoms in total. The molecular weight excluding hydrogens is 186 g/mol. The summed E-state index contributed by atoms with van der Waals surface area (Å²) in [7, 11) is 0. The first-order valence-electron chi connectivity index (χ1n) is 3.84. The van der Waals surface area contributed by atoms with E-state index in [0.29, 0.717) is 5.82 Å². The van der Waals surface area contributed by atoms with Crippen molar-refractivity contribution in [3.8, 4) is 10.8 Å². The molecule has 0 spiro atoms. The summed E-state index contributed by atoms with van der Waals surface area (Å²) in [6.07, 6.45) is 3.23. The lowest BCUT2D eigenvalue weighted by Gasteiger charge is -1.96. The van der Waals surface area contributed by atoms with Gasteiger partial charge in [0.2, 0.25) is 0 Å². The molecule has 0 amide bonds. The second-order valence-electron chi connectivity index (χ2n) is 2.69. The Morgan fingerprint density at radius 1 is 1.54 bits per heavy atom. The van der Waals surface area contributed by atoms with E-state index in [1.807, 2.05) is 6.92 Å². The molecule has 3 N–H and O–H groups in total. The zero-order valence-corrected chi connectivity index (χ0v) is 7.88. The molecular formula is C7H9N5S. The number of rotatable bonds is 2. The number of aromatic amines is 1. The summed E-state index contributed by atoms with van der Waals surface area (Å²) >= 11 is 1.53. The largest absolute Gasteiger partial charge is 0.323 e. The molecule has 0 radical (unpaired) electrons. The monoisotopic (exact) mass is 195 g/mol. The molecule has 0 fully saturated rings. The molecule has 6 heteroatoms. The van der Waals surface area contributed by atoms with Gasteiger partial charge in [-0.05, 0) is 6.92 Å². The average molecular weight is 195 g/mol. The number of hydrogen-bond acceptors (Lipinski definition) is 5. The van der Waals surface area contributed by atoms with Crippen molar-refractivity contribution in [1.29, 1.82) is 0 Å². The summed E-state index contributed by atoms with van der Waals surface area (Å²) in [6, 6.07) is 0.0224. The van der Waals surface area contributed by atoms with Crippen molar-refractivity contribution in [2.24, 2.45) is 5.73 Å². The van der Waals surface area contributed by atoms with Crippen molar-refractivity contribution in [3.63, 3.8) is 0 Å². The van der Waals surface area contributed by atoms with Crippen molar-refractivity contribution in [1.82, 2.24) is 20.2 Å². The van der Waals surface area contributed by atoms with Crippen LogP contribution in [0.15, 0.2) is 12.5 Å². The van der Waals surface area contributed by atoms with Crippen LogP contribution in [-0.2, 0) is 0 Å². The molecule has 1 atom stereocenters. The van der Waals surface area contributed by atoms with Gasteiger partial charge in [0.05, 0.1) is 0 Å². The fourth-order valence-corrected chi connectivity index (χ4v) is 1.73. The Labute approximate surface area is 79.0 Å². The third-order valence-electron chi connectivity index (χ3n) is 1.59. The van der Waals surface area contributed by atoms with E-state index in [9.17, 15) is 0 Å². The van der Waals surface area contributed by atoms with E-state index in [0.717, 1.165) is 9.88 Å². The standard InChI is InChI=1S/C7H9N5S/c1-4(8)5-2-9-7(13-5)6-10-3-11-12-6/h2-4H,8H2,1H3,(H,10,11,12). The van der Waals surface area contributed by atoms with E-state index < -0.39 is 0 Å². The Hall–Kier alpha value is -1.27. The van der Waals surface area contributed by atoms with Gasteiger partial charge in [-0.1, -0.05) is 0 Å². The van der Waals surface area contributed by atoms with Gasteiger partial charge in [0.1, 0.15) is 6.33 Å². The van der Waals surface area contributed by atoms with Crippen molar-refractivity contribution in [3.05, 3.63) is 17.4 Å². The molecule has 2 rings (SSSR count). The Morgan fingerprint density at radius 3 is 2.92 bits per heavy atom. The molecule has 0 saturated heterocycles. The van der Waals surface area contributed by atoms with Gasteiger partial charge in [0.15, 0.2) is 10.8 Å². The van der Waals surface area contributed by atoms with Crippen molar-refractivity contribution < 1.29 is 0 Å². The number of thiazole rings is 1. The van der Waals surface area contributed by atoms with Gasteiger partial charge in [0, 0.05) is 17.1 Å². The second kappa shape index (κ2) is 3.23. The highest BCUT2D eigenvalue weighted by Crippen LogP contribution is 2.24. The molecule has 68 valence electrons. The highest BCUT2D eigenvalue weighted by molar-refractivity contribution is 7.15. The molecule has 0 aromatic carbocycles. The maximum Gasteiger partial charge on any atom is 0.184 e. The van der Waals surface area contributed by atoms with Crippen molar-refractivity contribution in [2.75, 3.05) is 0 Å². The summed E-state index contributed by atoms with van der Waals surface area (Å²) in [5.41, 5.74) is 5.70. The quantitative estimate of drug-likeness (QED) is 0.747. The topological polar surface area (TPSA) is 80.5 Å². The number of aromatic nitrogens is 4. The Morgan fingerprint density at radius 2 is 2.38 bits per heavy atom. The molecule has 2 heterocycles. The molecule has 2 aromatic rings. The first kappa shape index (κ1) is 8.33. The first-order valence-corrected chi connectivity index (χ1v) is 4.66. The van der Waals surface area contributed by atoms with Gasteiger partial charge in [-0.3, -0.25) is 5.10 Å². The van der Waals surface area contributed by atoms with Crippen LogP contribution in [-0.4, -0.2) is 20.2 Å². The normalized spacial score (nSPS) is 13.1. The molecule has 0 aliphatic rings. The van der Waals surface area contributed by atoms with Crippen LogP contribution in [0, 0.1) is 0 Å². The zero-order valence-electron chi connectivity index (χ0n) is 7.06. The van der Waals surface area contributed by atoms with Crippen LogP contribution in [0.1, 0.15) is 17.8 Å². The number of H-pyrrole nitrogens is 1. The SMILES string of the molecule is CC(N)c1cnc(-c2ncn[nH]2)s1. The summed E-state index contributed by atoms with van der Waals surface area (Å²) in [5.74, 6) is 0.692. The smallest absolute Gasteiger partial charge is 0.184 e. The lowest BCUT2D eigenvalue weighted by molar-refractivity contribution is 0.835. The van der Waals surface area contributed by atoms with E-state index in [4.69, 9.17) is 5.73 Å². The molecule has 0 bridgehead atoms. The van der Waals surface area contributed by atoms with Crippen LogP contribution in [0.2, 0.25) is 0 Å². The van der Waals surface area contributed by atoms with E-state index in [2.05, 4.69) is 20.2 Å². The maximum absolute atomic E-state index is 5.70. The zero-order chi connectivity index (χ0) is 9.26. The number of nitrogens with one attached hydrogen (secondary N) is 1. The van der Waals surface area contributed by atoms with Crippen molar-refractivity contribution >= 4 is 11.3 Å². The Balaban J connectivity index is 2.33. The third-order valence-corrected chi connectivity index (χ3v) is 2.79. The third kappa shape index (κ3) is 1.58. The van der Waals surface area contributed by atoms with Gasteiger partial charge < -0.3 is 5.73 Å². The fraction of sp³-hybridized carbons (Fsp3) is 0.286. The number of nitrogens with zero attached hydrogens (tertiary/aromatic N) is 3. The highest BCUT2D eigenvalue weighted by Gasteiger charge is 2.08. The van der Waals surface area contributed by atoms with Gasteiger partial charge in [-0.2, -0.15) is 5.10 Å². The molecule has 2 aromatic heterocycles. The summed E-state index contributed by atoms with van der Waals surface area (Å²) in [4.78, 5) is 9.23. The molecule has 13 heavy (non-hydrogen) atoms. The molecule has 0 aliphatic carbocycles. The minimum absolute atomic E-state index is 0.0224. The average Bonchev–Trinajstić information content (AvgIpc) is 2.75. The van der Waals surface area contributed by atoms with E-state index in [1.165, 1.54) is 17.7 Å². The molecule has 1 unspecified atom stereocenters. The predicted molar refractivity (Wildman–Crippen MR) is 50.1 cm³/mol. The minimum Gasteiger partial charge on any atom is -0.323 e. The van der Waals surface area contributed by atoms with Gasteiger partial charge in [-0.25, -0.2) is 9.97 Å². The second-order valence-corrected chi connectivity index (χ2v) is 3.75. The summed E-state index contributed by atoms with van der Waals surface area (Å²) < 4.78 is 0. The van der Waals surface area contributed by atoms with Crippen LogP contribution in [0.25, 0.3) is 10.8 Å². The van der Waals surface area contributed by atoms with Crippen LogP contribution in [0.5, 0.6) is 0 Å². The van der Waals surface area contributed by atoms with Crippen LogP contribution < -0.4 is 5.73 Å². The first-order chi connectivity index (χ1) is 6.27. The molecule has 0 saturated carbocycles. The molecule has 0 aliphatic heterocycles. The lowest BCUT2D eigenvalue weighted by Crippen LogP contribution is -2.01. The Bertz CT molecular complexity index is 377. The van der Waals surface area contributed by atoms with Crippen LogP contribution in [0.4, 0.5) is 0 Å². The van der Waals surface area contributed by atoms with E-state index in [-0.39, 0.29) is 6.04 Å². The van der Waals surface area contributed by atoms with Gasteiger partial charge in [0.25, 0.3) is 0 Å². The maximum atomic E-state index is 5.70. The summed E-state index contributed by atoms with van der Waals surface area (Å²) in [6.45, 7) is 1.93. The van der Waals surface area contributed by atoms with Crippen LogP contribution >= 0.6 is 11.3 Å². The summed E-state index contributed by atoms with van der Waals surface area (Å²) in [5, 5.41) is 7.33. The number of nitrogens with two attached hydrogens (primary N) is 1. The minimum atomic E-state index is 0.0224. The fourth-order valence-electron chi connectivity index (χ4n) is 0.915. The lowest BCUT2D eigenvalue weighted by atomic mass is 10.3. The Kier molecular flexibility index (Phi) is 2.07. The van der Waals surface area contributed by atoms with E-state index >= 15 is 0 Å². The number of hydrogen-bond donors (Lipinski definition) is 2. The van der Waals surface area contributed by atoms with Crippen molar-refractivity contribution in [2.45, 2.75) is 13.0 Å². The van der Waals surface area contributed by atoms with Crippen LogP contribution in [0.3, 0.4) is 0 Å². The van der Waals surface area contributed by atoms with Gasteiger partial charge >= 0.3 is 0 Å². The van der Waals surface area contributed by atoms with E-state index in [1.54, 1.807) is 6.20 Å². The van der Waals surface area contributed by atoms with Gasteiger partial charge in [-0.15, -0.1) is 11.3 Å². The predicted octanol–water partition coefficient (Wildman–Crippen LogP) is 0.948. The highest BCUT2D eigenvalue weighted by atomic mass is 32.1.